The van der Waals surface area contributed by atoms with Gasteiger partial charge in [0.1, 0.15) is 5.56 Å². The molecule has 2 saturated heterocycles. The number of hydrogen-bond donors (Lipinski definition) is 0. The van der Waals surface area contributed by atoms with Crippen LogP contribution in [0.4, 0.5) is 0 Å². The predicted octanol–water partition coefficient (Wildman–Crippen LogP) is 0.178. The van der Waals surface area contributed by atoms with E-state index in [9.17, 15) is 9.59 Å². The third-order valence-electron chi connectivity index (χ3n) is 4.69. The Morgan fingerprint density at radius 1 is 1.27 bits per heavy atom. The number of aryl methyl sites for hydroxylation is 1. The largest absolute Gasteiger partial charge is 0.375 e. The summed E-state index contributed by atoms with van der Waals surface area (Å²) >= 11 is 0. The van der Waals surface area contributed by atoms with Crippen LogP contribution in [0.3, 0.4) is 0 Å². The summed E-state index contributed by atoms with van der Waals surface area (Å²) in [4.78, 5) is 28.8. The Balaban J connectivity index is 1.75. The van der Waals surface area contributed by atoms with Crippen molar-refractivity contribution in [3.8, 4) is 0 Å². The van der Waals surface area contributed by atoms with Gasteiger partial charge in [-0.1, -0.05) is 0 Å². The standard InChI is InChI=1S/C16H23N3O3/c1-17-8-9-22-14-11-19(7-5-12(14)10-17)16(21)13-4-3-6-18(2)15(13)20/h3-4,6,12,14H,5,7-11H2,1-2H3/t12-,14-/m1/s1. The summed E-state index contributed by atoms with van der Waals surface area (Å²) < 4.78 is 7.37. The third kappa shape index (κ3) is 2.94. The summed E-state index contributed by atoms with van der Waals surface area (Å²) in [6.45, 7) is 3.91. The quantitative estimate of drug-likeness (QED) is 0.743. The lowest BCUT2D eigenvalue weighted by Crippen LogP contribution is -2.49. The van der Waals surface area contributed by atoms with Crippen molar-refractivity contribution in [2.75, 3.05) is 39.8 Å². The first kappa shape index (κ1) is 15.2. The first-order chi connectivity index (χ1) is 10.6. The normalized spacial score (nSPS) is 26.4. The lowest BCUT2D eigenvalue weighted by Gasteiger charge is -2.37. The maximum absolute atomic E-state index is 12.6. The third-order valence-corrected chi connectivity index (χ3v) is 4.69. The molecular formula is C16H23N3O3. The number of rotatable bonds is 1. The van der Waals surface area contributed by atoms with Crippen molar-refractivity contribution >= 4 is 5.91 Å². The number of pyridine rings is 1. The van der Waals surface area contributed by atoms with Crippen molar-refractivity contribution in [2.45, 2.75) is 12.5 Å². The Morgan fingerprint density at radius 3 is 2.91 bits per heavy atom. The van der Waals surface area contributed by atoms with Gasteiger partial charge in [-0.05, 0) is 25.6 Å². The van der Waals surface area contributed by atoms with Gasteiger partial charge in [-0.2, -0.15) is 0 Å². The first-order valence-corrected chi connectivity index (χ1v) is 7.81. The average Bonchev–Trinajstić information content (AvgIpc) is 2.69. The van der Waals surface area contributed by atoms with Gasteiger partial charge in [0, 0.05) is 45.3 Å². The van der Waals surface area contributed by atoms with Crippen LogP contribution in [-0.4, -0.2) is 66.2 Å². The topological polar surface area (TPSA) is 54.8 Å². The van der Waals surface area contributed by atoms with Crippen LogP contribution in [0.2, 0.25) is 0 Å². The highest BCUT2D eigenvalue weighted by Gasteiger charge is 2.35. The second kappa shape index (κ2) is 6.22. The van der Waals surface area contributed by atoms with Crippen LogP contribution in [-0.2, 0) is 11.8 Å². The van der Waals surface area contributed by atoms with E-state index in [2.05, 4.69) is 11.9 Å². The fourth-order valence-corrected chi connectivity index (χ4v) is 3.33. The summed E-state index contributed by atoms with van der Waals surface area (Å²) in [5.41, 5.74) is 0.00494. The number of piperidine rings is 1. The van der Waals surface area contributed by atoms with Crippen LogP contribution >= 0.6 is 0 Å². The number of ether oxygens (including phenoxy) is 1. The first-order valence-electron chi connectivity index (χ1n) is 7.81. The molecule has 0 saturated carbocycles. The molecule has 3 rings (SSSR count). The summed E-state index contributed by atoms with van der Waals surface area (Å²) in [5.74, 6) is 0.288. The Labute approximate surface area is 130 Å². The number of hydrogen-bond acceptors (Lipinski definition) is 4. The van der Waals surface area contributed by atoms with Gasteiger partial charge < -0.3 is 19.1 Å². The Kier molecular flexibility index (Phi) is 4.31. The molecule has 6 nitrogen and oxygen atoms in total. The molecule has 1 aromatic heterocycles. The molecule has 0 unspecified atom stereocenters. The molecule has 1 aromatic rings. The van der Waals surface area contributed by atoms with E-state index in [0.717, 1.165) is 19.5 Å². The van der Waals surface area contributed by atoms with Crippen molar-refractivity contribution in [1.29, 1.82) is 0 Å². The number of likely N-dealkylation sites (N-methyl/N-ethyl adjacent to an activating group) is 1. The number of carbonyl (C=O) groups is 1. The van der Waals surface area contributed by atoms with Crippen LogP contribution in [0.25, 0.3) is 0 Å². The lowest BCUT2D eigenvalue weighted by molar-refractivity contribution is -0.0171. The van der Waals surface area contributed by atoms with Crippen molar-refractivity contribution < 1.29 is 9.53 Å². The highest BCUT2D eigenvalue weighted by atomic mass is 16.5. The second-order valence-electron chi connectivity index (χ2n) is 6.31. The maximum Gasteiger partial charge on any atom is 0.263 e. The molecule has 0 radical (unpaired) electrons. The van der Waals surface area contributed by atoms with Crippen LogP contribution in [0.1, 0.15) is 16.8 Å². The summed E-state index contributed by atoms with van der Waals surface area (Å²) in [6.07, 6.45) is 2.67. The van der Waals surface area contributed by atoms with Gasteiger partial charge in [-0.3, -0.25) is 9.59 Å². The molecule has 0 N–H and O–H groups in total. The zero-order valence-electron chi connectivity index (χ0n) is 13.2. The van der Waals surface area contributed by atoms with E-state index < -0.39 is 0 Å². The van der Waals surface area contributed by atoms with Gasteiger partial charge in [0.2, 0.25) is 0 Å². The van der Waals surface area contributed by atoms with Gasteiger partial charge >= 0.3 is 0 Å². The van der Waals surface area contributed by atoms with E-state index in [1.165, 1.54) is 4.57 Å². The number of nitrogens with zero attached hydrogens (tertiary/aromatic N) is 3. The fraction of sp³-hybridized carbons (Fsp3) is 0.625. The van der Waals surface area contributed by atoms with E-state index in [1.807, 2.05) is 0 Å². The van der Waals surface area contributed by atoms with Crippen molar-refractivity contribution in [3.05, 3.63) is 34.2 Å². The highest BCUT2D eigenvalue weighted by Crippen LogP contribution is 2.24. The Hall–Kier alpha value is -1.66. The Morgan fingerprint density at radius 2 is 2.09 bits per heavy atom. The summed E-state index contributed by atoms with van der Waals surface area (Å²) in [7, 11) is 3.77. The molecule has 0 aromatic carbocycles. The molecule has 22 heavy (non-hydrogen) atoms. The minimum absolute atomic E-state index is 0.0789. The van der Waals surface area contributed by atoms with Crippen LogP contribution in [0.15, 0.2) is 23.1 Å². The number of fused-ring (bicyclic) bond motifs is 1. The monoisotopic (exact) mass is 305 g/mol. The SMILES string of the molecule is CN1CCO[C@@H]2CN(C(=O)c3cccn(C)c3=O)CC[C@@H]2C1. The van der Waals surface area contributed by atoms with Crippen LogP contribution in [0.5, 0.6) is 0 Å². The molecule has 3 heterocycles. The molecule has 2 aliphatic rings. The number of amides is 1. The predicted molar refractivity (Wildman–Crippen MR) is 82.9 cm³/mol. The van der Waals surface area contributed by atoms with Gasteiger partial charge in [0.15, 0.2) is 0 Å². The van der Waals surface area contributed by atoms with Crippen molar-refractivity contribution in [3.63, 3.8) is 0 Å². The summed E-state index contributed by atoms with van der Waals surface area (Å²) in [6, 6.07) is 3.34. The maximum atomic E-state index is 12.6. The van der Waals surface area contributed by atoms with Gasteiger partial charge in [0.05, 0.1) is 12.7 Å². The van der Waals surface area contributed by atoms with Crippen molar-refractivity contribution in [1.82, 2.24) is 14.4 Å². The molecule has 6 heteroatoms. The van der Waals surface area contributed by atoms with Gasteiger partial charge in [0.25, 0.3) is 11.5 Å². The molecular weight excluding hydrogens is 282 g/mol. The molecule has 2 atom stereocenters. The van der Waals surface area contributed by atoms with Crippen LogP contribution in [0, 0.1) is 5.92 Å². The van der Waals surface area contributed by atoms with Gasteiger partial charge in [-0.25, -0.2) is 0 Å². The van der Waals surface area contributed by atoms with Crippen LogP contribution < -0.4 is 5.56 Å². The van der Waals surface area contributed by atoms with E-state index in [0.29, 0.717) is 25.6 Å². The minimum atomic E-state index is -0.240. The van der Waals surface area contributed by atoms with E-state index >= 15 is 0 Å². The smallest absolute Gasteiger partial charge is 0.263 e. The molecule has 0 bridgehead atoms. The second-order valence-corrected chi connectivity index (χ2v) is 6.31. The molecule has 1 amide bonds. The van der Waals surface area contributed by atoms with E-state index in [-0.39, 0.29) is 23.1 Å². The molecule has 2 fully saturated rings. The lowest BCUT2D eigenvalue weighted by atomic mass is 9.93. The zero-order chi connectivity index (χ0) is 15.7. The fourth-order valence-electron chi connectivity index (χ4n) is 3.33. The average molecular weight is 305 g/mol. The zero-order valence-corrected chi connectivity index (χ0v) is 13.2. The molecule has 0 spiro atoms. The molecule has 0 aliphatic carbocycles. The van der Waals surface area contributed by atoms with E-state index in [4.69, 9.17) is 4.74 Å². The minimum Gasteiger partial charge on any atom is -0.375 e. The molecule has 2 aliphatic heterocycles. The molecule has 120 valence electrons. The van der Waals surface area contributed by atoms with Gasteiger partial charge in [-0.15, -0.1) is 0 Å². The van der Waals surface area contributed by atoms with E-state index in [1.54, 1.807) is 30.3 Å². The summed E-state index contributed by atoms with van der Waals surface area (Å²) in [5, 5.41) is 0. The number of carbonyl (C=O) groups excluding carboxylic acids is 1. The number of aromatic nitrogens is 1. The van der Waals surface area contributed by atoms with Crippen molar-refractivity contribution in [2.24, 2.45) is 13.0 Å². The Bertz CT molecular complexity index is 613. The highest BCUT2D eigenvalue weighted by molar-refractivity contribution is 5.93. The number of likely N-dealkylation sites (tertiary alicyclic amines) is 1.